The lowest BCUT2D eigenvalue weighted by molar-refractivity contribution is -0.141. The molecule has 5 rings (SSSR count). The number of hydrogen-bond acceptors (Lipinski definition) is 5. The summed E-state index contributed by atoms with van der Waals surface area (Å²) in [6, 6.07) is 13.5. The van der Waals surface area contributed by atoms with Crippen LogP contribution in [0.25, 0.3) is 11.1 Å². The number of halogens is 3. The van der Waals surface area contributed by atoms with Crippen molar-refractivity contribution in [2.75, 3.05) is 30.0 Å². The van der Waals surface area contributed by atoms with Crippen LogP contribution in [0.2, 0.25) is 0 Å². The van der Waals surface area contributed by atoms with Crippen molar-refractivity contribution in [2.24, 2.45) is 5.92 Å². The summed E-state index contributed by atoms with van der Waals surface area (Å²) < 4.78 is 44.6. The molecule has 2 aromatic carbocycles. The third-order valence-electron chi connectivity index (χ3n) is 6.80. The van der Waals surface area contributed by atoms with Gasteiger partial charge in [-0.1, -0.05) is 18.2 Å². The van der Waals surface area contributed by atoms with Gasteiger partial charge in [0.1, 0.15) is 12.0 Å². The first-order valence-corrected chi connectivity index (χ1v) is 11.6. The molecule has 0 aliphatic carbocycles. The van der Waals surface area contributed by atoms with Crippen molar-refractivity contribution in [3.63, 3.8) is 0 Å². The standard InChI is InChI=1S/C27H24F3N3O3/c1-16-2-5-21(32-26(35)19-6-7-31-25(12-19)27(28,29)30)13-22(16)17-3-4-18-10-20(14-34)24-15-36-9-8-33(24)23(18)11-17/h2-7,11-14,20,24H,8-10,15H2,1H3,(H,32,35). The molecule has 2 aliphatic heterocycles. The fraction of sp³-hybridized carbons (Fsp3) is 0.296. The van der Waals surface area contributed by atoms with Gasteiger partial charge in [0.2, 0.25) is 0 Å². The molecular formula is C27H24F3N3O3. The number of amides is 1. The number of carbonyl (C=O) groups excluding carboxylic acids is 2. The van der Waals surface area contributed by atoms with Crippen molar-refractivity contribution in [1.82, 2.24) is 4.98 Å². The van der Waals surface area contributed by atoms with Crippen LogP contribution in [0.3, 0.4) is 0 Å². The predicted molar refractivity (Wildman–Crippen MR) is 129 cm³/mol. The molecule has 0 radical (unpaired) electrons. The van der Waals surface area contributed by atoms with Crippen LogP contribution < -0.4 is 10.2 Å². The molecule has 9 heteroatoms. The van der Waals surface area contributed by atoms with Crippen molar-refractivity contribution in [3.05, 3.63) is 77.1 Å². The van der Waals surface area contributed by atoms with Crippen molar-refractivity contribution < 1.29 is 27.5 Å². The molecule has 3 aromatic rings. The van der Waals surface area contributed by atoms with Gasteiger partial charge in [-0.15, -0.1) is 0 Å². The van der Waals surface area contributed by atoms with Gasteiger partial charge in [-0.25, -0.2) is 0 Å². The van der Waals surface area contributed by atoms with Crippen LogP contribution in [0.4, 0.5) is 24.5 Å². The average molecular weight is 496 g/mol. The van der Waals surface area contributed by atoms with E-state index in [2.05, 4.69) is 21.3 Å². The normalized spacial score (nSPS) is 19.3. The summed E-state index contributed by atoms with van der Waals surface area (Å²) in [5.41, 5.74) is 4.22. The van der Waals surface area contributed by atoms with E-state index in [9.17, 15) is 22.8 Å². The second kappa shape index (κ2) is 9.39. The molecule has 2 atom stereocenters. The van der Waals surface area contributed by atoms with Crippen LogP contribution in [0.1, 0.15) is 27.2 Å². The number of pyridine rings is 1. The number of fused-ring (bicyclic) bond motifs is 3. The maximum absolute atomic E-state index is 13.0. The van der Waals surface area contributed by atoms with E-state index in [1.165, 1.54) is 6.07 Å². The Morgan fingerprint density at radius 2 is 2.00 bits per heavy atom. The molecule has 186 valence electrons. The molecule has 3 heterocycles. The first-order chi connectivity index (χ1) is 17.2. The molecule has 1 saturated heterocycles. The molecule has 0 spiro atoms. The molecule has 6 nitrogen and oxygen atoms in total. The first kappa shape index (κ1) is 24.0. The fourth-order valence-corrected chi connectivity index (χ4v) is 4.92. The van der Waals surface area contributed by atoms with Crippen molar-refractivity contribution in [1.29, 1.82) is 0 Å². The highest BCUT2D eigenvalue weighted by Gasteiger charge is 2.36. The molecule has 1 fully saturated rings. The van der Waals surface area contributed by atoms with E-state index in [1.807, 2.05) is 31.2 Å². The van der Waals surface area contributed by atoms with Gasteiger partial charge < -0.3 is 19.7 Å². The summed E-state index contributed by atoms with van der Waals surface area (Å²) in [5.74, 6) is -0.769. The Balaban J connectivity index is 1.44. The van der Waals surface area contributed by atoms with E-state index in [-0.39, 0.29) is 17.5 Å². The molecule has 2 unspecified atom stereocenters. The summed E-state index contributed by atoms with van der Waals surface area (Å²) >= 11 is 0. The van der Waals surface area contributed by atoms with Gasteiger partial charge in [-0.2, -0.15) is 13.2 Å². The highest BCUT2D eigenvalue weighted by atomic mass is 19.4. The van der Waals surface area contributed by atoms with Crippen LogP contribution in [0, 0.1) is 12.8 Å². The van der Waals surface area contributed by atoms with E-state index < -0.39 is 17.8 Å². The molecule has 1 N–H and O–H groups in total. The predicted octanol–water partition coefficient (Wildman–Crippen LogP) is 4.90. The second-order valence-electron chi connectivity index (χ2n) is 9.09. The summed E-state index contributed by atoms with van der Waals surface area (Å²) in [6.07, 6.45) is -1.99. The zero-order valence-corrected chi connectivity index (χ0v) is 19.5. The van der Waals surface area contributed by atoms with Crippen molar-refractivity contribution in [2.45, 2.75) is 25.6 Å². The Labute approximate surface area is 206 Å². The smallest absolute Gasteiger partial charge is 0.377 e. The summed E-state index contributed by atoms with van der Waals surface area (Å²) in [7, 11) is 0. The summed E-state index contributed by atoms with van der Waals surface area (Å²) in [4.78, 5) is 29.9. The molecule has 0 saturated carbocycles. The van der Waals surface area contributed by atoms with Crippen LogP contribution in [-0.2, 0) is 22.1 Å². The molecule has 0 bridgehead atoms. The lowest BCUT2D eigenvalue weighted by atomic mass is 9.85. The average Bonchev–Trinajstić information content (AvgIpc) is 2.88. The van der Waals surface area contributed by atoms with Crippen LogP contribution in [0.5, 0.6) is 0 Å². The molecule has 1 amide bonds. The minimum absolute atomic E-state index is 0.00710. The number of morpholine rings is 1. The number of ether oxygens (including phenoxy) is 1. The minimum atomic E-state index is -4.63. The van der Waals surface area contributed by atoms with Gasteiger partial charge in [-0.3, -0.25) is 9.78 Å². The van der Waals surface area contributed by atoms with E-state index in [0.717, 1.165) is 46.5 Å². The highest BCUT2D eigenvalue weighted by Crippen LogP contribution is 2.38. The highest BCUT2D eigenvalue weighted by molar-refractivity contribution is 6.04. The Kier molecular flexibility index (Phi) is 6.26. The summed E-state index contributed by atoms with van der Waals surface area (Å²) in [6.45, 7) is 3.77. The number of aryl methyl sites for hydroxylation is 1. The lowest BCUT2D eigenvalue weighted by Gasteiger charge is -2.44. The Hall–Kier alpha value is -3.72. The number of nitrogens with one attached hydrogen (secondary N) is 1. The quantitative estimate of drug-likeness (QED) is 0.521. The van der Waals surface area contributed by atoms with E-state index in [0.29, 0.717) is 31.9 Å². The first-order valence-electron chi connectivity index (χ1n) is 11.6. The Morgan fingerprint density at radius 1 is 1.17 bits per heavy atom. The molecule has 2 aliphatic rings. The maximum atomic E-state index is 13.0. The van der Waals surface area contributed by atoms with Crippen molar-refractivity contribution in [3.8, 4) is 11.1 Å². The Bertz CT molecular complexity index is 1330. The number of rotatable bonds is 4. The minimum Gasteiger partial charge on any atom is -0.377 e. The number of alkyl halides is 3. The van der Waals surface area contributed by atoms with Gasteiger partial charge in [0, 0.05) is 35.6 Å². The topological polar surface area (TPSA) is 71.5 Å². The van der Waals surface area contributed by atoms with Gasteiger partial charge in [-0.05, 0) is 65.9 Å². The van der Waals surface area contributed by atoms with Gasteiger partial charge >= 0.3 is 6.18 Å². The zero-order valence-electron chi connectivity index (χ0n) is 19.5. The second-order valence-corrected chi connectivity index (χ2v) is 9.09. The number of benzene rings is 2. The van der Waals surface area contributed by atoms with E-state index >= 15 is 0 Å². The number of nitrogens with zero attached hydrogens (tertiary/aromatic N) is 2. The van der Waals surface area contributed by atoms with Crippen molar-refractivity contribution >= 4 is 23.6 Å². The number of anilines is 2. The third kappa shape index (κ3) is 4.58. The number of hydrogen-bond donors (Lipinski definition) is 1. The van der Waals surface area contributed by atoms with Gasteiger partial charge in [0.25, 0.3) is 5.91 Å². The van der Waals surface area contributed by atoms with E-state index in [1.54, 1.807) is 6.07 Å². The van der Waals surface area contributed by atoms with Crippen LogP contribution >= 0.6 is 0 Å². The molecule has 1 aromatic heterocycles. The number of aromatic nitrogens is 1. The monoisotopic (exact) mass is 495 g/mol. The Morgan fingerprint density at radius 3 is 2.78 bits per heavy atom. The fourth-order valence-electron chi connectivity index (χ4n) is 4.92. The van der Waals surface area contributed by atoms with Gasteiger partial charge in [0.15, 0.2) is 0 Å². The largest absolute Gasteiger partial charge is 0.433 e. The van der Waals surface area contributed by atoms with Crippen LogP contribution in [0.15, 0.2) is 54.7 Å². The number of carbonyl (C=O) groups is 2. The third-order valence-corrected chi connectivity index (χ3v) is 6.80. The van der Waals surface area contributed by atoms with Crippen LogP contribution in [-0.4, -0.2) is 43.0 Å². The zero-order chi connectivity index (χ0) is 25.4. The number of aldehydes is 1. The summed E-state index contributed by atoms with van der Waals surface area (Å²) in [5, 5.41) is 2.70. The lowest BCUT2D eigenvalue weighted by Crippen LogP contribution is -2.53. The maximum Gasteiger partial charge on any atom is 0.433 e. The molecule has 36 heavy (non-hydrogen) atoms. The van der Waals surface area contributed by atoms with Gasteiger partial charge in [0.05, 0.1) is 19.3 Å². The van der Waals surface area contributed by atoms with E-state index in [4.69, 9.17) is 4.74 Å². The SMILES string of the molecule is Cc1ccc(NC(=O)c2ccnc(C(F)(F)F)c2)cc1-c1ccc2c(c1)N1CCOCC1C(C=O)C2. The molecular weight excluding hydrogens is 471 g/mol.